The van der Waals surface area contributed by atoms with Crippen molar-refractivity contribution >= 4 is 29.2 Å². The largest absolute Gasteiger partial charge is 0.449 e. The van der Waals surface area contributed by atoms with E-state index in [4.69, 9.17) is 20.8 Å². The van der Waals surface area contributed by atoms with Gasteiger partial charge in [-0.2, -0.15) is 0 Å². The van der Waals surface area contributed by atoms with Gasteiger partial charge in [0.25, 0.3) is 0 Å². The highest BCUT2D eigenvalue weighted by Gasteiger charge is 2.16. The Labute approximate surface area is 149 Å². The first-order chi connectivity index (χ1) is 12.0. The number of hydrogen-bond donors (Lipinski definition) is 1. The molecular weight excluding hydrogens is 342 g/mol. The Morgan fingerprint density at radius 3 is 2.40 bits per heavy atom. The van der Waals surface area contributed by atoms with Gasteiger partial charge in [-0.05, 0) is 48.5 Å². The van der Waals surface area contributed by atoms with E-state index in [0.29, 0.717) is 27.8 Å². The number of furan rings is 1. The molecular formula is C19H14ClNO4. The number of amides is 1. The van der Waals surface area contributed by atoms with Gasteiger partial charge in [0.15, 0.2) is 0 Å². The summed E-state index contributed by atoms with van der Waals surface area (Å²) in [5, 5.41) is 3.17. The van der Waals surface area contributed by atoms with Crippen LogP contribution in [0.2, 0.25) is 5.02 Å². The van der Waals surface area contributed by atoms with Gasteiger partial charge in [0, 0.05) is 18.2 Å². The second-order valence-electron chi connectivity index (χ2n) is 5.24. The van der Waals surface area contributed by atoms with E-state index >= 15 is 0 Å². The predicted octanol–water partition coefficient (Wildman–Crippen LogP) is 4.78. The molecule has 0 saturated heterocycles. The first-order valence-corrected chi connectivity index (χ1v) is 7.85. The van der Waals surface area contributed by atoms with Crippen molar-refractivity contribution in [1.82, 2.24) is 0 Å². The summed E-state index contributed by atoms with van der Waals surface area (Å²) in [6.45, 7) is 1.42. The number of ether oxygens (including phenoxy) is 1. The van der Waals surface area contributed by atoms with Crippen molar-refractivity contribution in [1.29, 1.82) is 0 Å². The molecule has 6 heteroatoms. The Morgan fingerprint density at radius 2 is 1.72 bits per heavy atom. The smallest absolute Gasteiger partial charge is 0.379 e. The molecule has 0 atom stereocenters. The molecule has 0 fully saturated rings. The third-order valence-electron chi connectivity index (χ3n) is 3.33. The molecule has 1 amide bonds. The Balaban J connectivity index is 1.72. The lowest BCUT2D eigenvalue weighted by atomic mass is 10.2. The molecule has 0 aliphatic heterocycles. The molecule has 5 nitrogen and oxygen atoms in total. The molecule has 0 radical (unpaired) electrons. The zero-order valence-electron chi connectivity index (χ0n) is 13.3. The number of hydrogen-bond acceptors (Lipinski definition) is 4. The zero-order chi connectivity index (χ0) is 17.8. The minimum Gasteiger partial charge on any atom is -0.449 e. The lowest BCUT2D eigenvalue weighted by Gasteiger charge is -2.05. The first-order valence-electron chi connectivity index (χ1n) is 7.47. The summed E-state index contributed by atoms with van der Waals surface area (Å²) >= 11 is 6.12. The fourth-order valence-corrected chi connectivity index (χ4v) is 2.45. The van der Waals surface area contributed by atoms with Crippen molar-refractivity contribution in [2.45, 2.75) is 6.92 Å². The van der Waals surface area contributed by atoms with Gasteiger partial charge < -0.3 is 14.5 Å². The van der Waals surface area contributed by atoms with Gasteiger partial charge in [-0.15, -0.1) is 0 Å². The molecule has 0 saturated carbocycles. The standard InChI is InChI=1S/C19H14ClNO4/c1-12(22)21-13-6-8-14(9-7-13)24-19(23)18-11-10-17(25-18)15-4-2-3-5-16(15)20/h2-11H,1H3,(H,21,22). The molecule has 3 rings (SSSR count). The molecule has 25 heavy (non-hydrogen) atoms. The third kappa shape index (κ3) is 4.08. The van der Waals surface area contributed by atoms with Gasteiger partial charge in [0.05, 0.1) is 5.02 Å². The molecule has 0 aliphatic carbocycles. The number of carbonyl (C=O) groups excluding carboxylic acids is 2. The summed E-state index contributed by atoms with van der Waals surface area (Å²) in [5.74, 6) is 0.104. The van der Waals surface area contributed by atoms with Crippen LogP contribution < -0.4 is 10.1 Å². The summed E-state index contributed by atoms with van der Waals surface area (Å²) < 4.78 is 10.8. The van der Waals surface area contributed by atoms with Crippen LogP contribution in [0.25, 0.3) is 11.3 Å². The molecule has 0 aliphatic rings. The molecule has 1 aromatic heterocycles. The van der Waals surface area contributed by atoms with Crippen LogP contribution in [0.15, 0.2) is 65.1 Å². The third-order valence-corrected chi connectivity index (χ3v) is 3.66. The van der Waals surface area contributed by atoms with Crippen molar-refractivity contribution in [3.8, 4) is 17.1 Å². The van der Waals surface area contributed by atoms with Gasteiger partial charge in [0.1, 0.15) is 11.5 Å². The van der Waals surface area contributed by atoms with Crippen molar-refractivity contribution in [2.75, 3.05) is 5.32 Å². The van der Waals surface area contributed by atoms with Gasteiger partial charge in [-0.1, -0.05) is 23.7 Å². The average Bonchev–Trinajstić information content (AvgIpc) is 3.06. The van der Waals surface area contributed by atoms with E-state index in [0.717, 1.165) is 0 Å². The lowest BCUT2D eigenvalue weighted by Crippen LogP contribution is -2.08. The van der Waals surface area contributed by atoms with Crippen LogP contribution in [0.1, 0.15) is 17.5 Å². The SMILES string of the molecule is CC(=O)Nc1ccc(OC(=O)c2ccc(-c3ccccc3Cl)o2)cc1. The molecule has 2 aromatic carbocycles. The highest BCUT2D eigenvalue weighted by Crippen LogP contribution is 2.29. The van der Waals surface area contributed by atoms with E-state index in [1.165, 1.54) is 13.0 Å². The number of nitrogens with one attached hydrogen (secondary N) is 1. The summed E-state index contributed by atoms with van der Waals surface area (Å²) in [4.78, 5) is 23.2. The van der Waals surface area contributed by atoms with Crippen molar-refractivity contribution < 1.29 is 18.7 Å². The fraction of sp³-hybridized carbons (Fsp3) is 0.0526. The van der Waals surface area contributed by atoms with E-state index in [9.17, 15) is 9.59 Å². The van der Waals surface area contributed by atoms with E-state index in [1.54, 1.807) is 42.5 Å². The number of carbonyl (C=O) groups is 2. The van der Waals surface area contributed by atoms with Crippen LogP contribution in [-0.2, 0) is 4.79 Å². The normalized spacial score (nSPS) is 10.3. The highest BCUT2D eigenvalue weighted by atomic mass is 35.5. The summed E-state index contributed by atoms with van der Waals surface area (Å²) in [6, 6.07) is 16.8. The first kappa shape index (κ1) is 16.8. The van der Waals surface area contributed by atoms with E-state index in [-0.39, 0.29) is 11.7 Å². The Hall–Kier alpha value is -3.05. The van der Waals surface area contributed by atoms with Crippen LogP contribution in [0.5, 0.6) is 5.75 Å². The summed E-state index contributed by atoms with van der Waals surface area (Å²) in [5.41, 5.74) is 1.31. The number of anilines is 1. The van der Waals surface area contributed by atoms with E-state index < -0.39 is 5.97 Å². The van der Waals surface area contributed by atoms with Gasteiger partial charge >= 0.3 is 5.97 Å². The molecule has 1 N–H and O–H groups in total. The molecule has 0 bridgehead atoms. The topological polar surface area (TPSA) is 68.5 Å². The number of esters is 1. The number of rotatable bonds is 4. The zero-order valence-corrected chi connectivity index (χ0v) is 14.0. The molecule has 0 unspecified atom stereocenters. The van der Waals surface area contributed by atoms with Crippen molar-refractivity contribution in [2.24, 2.45) is 0 Å². The maximum atomic E-state index is 12.2. The average molecular weight is 356 g/mol. The Bertz CT molecular complexity index is 915. The second kappa shape index (κ2) is 7.23. The van der Waals surface area contributed by atoms with Crippen LogP contribution in [0, 0.1) is 0 Å². The van der Waals surface area contributed by atoms with Gasteiger partial charge in [-0.25, -0.2) is 4.79 Å². The van der Waals surface area contributed by atoms with Crippen LogP contribution in [-0.4, -0.2) is 11.9 Å². The number of halogens is 1. The lowest BCUT2D eigenvalue weighted by molar-refractivity contribution is -0.114. The molecule has 126 valence electrons. The van der Waals surface area contributed by atoms with Crippen LogP contribution >= 0.6 is 11.6 Å². The molecule has 0 spiro atoms. The molecule has 1 heterocycles. The van der Waals surface area contributed by atoms with Crippen LogP contribution in [0.3, 0.4) is 0 Å². The van der Waals surface area contributed by atoms with Gasteiger partial charge in [0.2, 0.25) is 11.7 Å². The fourth-order valence-electron chi connectivity index (χ4n) is 2.22. The van der Waals surface area contributed by atoms with Gasteiger partial charge in [-0.3, -0.25) is 4.79 Å². The summed E-state index contributed by atoms with van der Waals surface area (Å²) in [7, 11) is 0. The van der Waals surface area contributed by atoms with Crippen molar-refractivity contribution in [3.63, 3.8) is 0 Å². The monoisotopic (exact) mass is 355 g/mol. The minimum atomic E-state index is -0.620. The van der Waals surface area contributed by atoms with E-state index in [1.807, 2.05) is 12.1 Å². The number of benzene rings is 2. The van der Waals surface area contributed by atoms with Crippen LogP contribution in [0.4, 0.5) is 5.69 Å². The highest BCUT2D eigenvalue weighted by molar-refractivity contribution is 6.33. The summed E-state index contributed by atoms with van der Waals surface area (Å²) in [6.07, 6.45) is 0. The predicted molar refractivity (Wildman–Crippen MR) is 94.9 cm³/mol. The minimum absolute atomic E-state index is 0.0702. The Kier molecular flexibility index (Phi) is 4.86. The Morgan fingerprint density at radius 1 is 1.00 bits per heavy atom. The quantitative estimate of drug-likeness (QED) is 0.540. The second-order valence-corrected chi connectivity index (χ2v) is 5.65. The molecule has 3 aromatic rings. The maximum Gasteiger partial charge on any atom is 0.379 e. The van der Waals surface area contributed by atoms with Crippen molar-refractivity contribution in [3.05, 3.63) is 71.4 Å². The maximum absolute atomic E-state index is 12.2. The van der Waals surface area contributed by atoms with E-state index in [2.05, 4.69) is 5.32 Å².